The standard InChI is InChI=1S/2C12H27O4Si.2C3H7O.Zr/c2*1-4-7-10-14-17(13,15-11-8-5-2)16-12-9-6-3;2*1-2-3-4;/h2*4-12H2,1-3H3;2*2-3H2,1H3;/q4*-1;+4. The molecule has 0 amide bonds. The minimum atomic E-state index is -5.13. The average Bonchev–Trinajstić information content (AvgIpc) is 3.00. The van der Waals surface area contributed by atoms with E-state index in [1.165, 1.54) is 0 Å². The molecule has 0 saturated heterocycles. The minimum absolute atomic E-state index is 0.381. The molecule has 0 N–H and O–H groups in total. The second-order valence-electron chi connectivity index (χ2n) is 10.6. The summed E-state index contributed by atoms with van der Waals surface area (Å²) in [5.74, 6) is 0. The van der Waals surface area contributed by atoms with Gasteiger partial charge in [-0.15, -0.1) is 0 Å². The van der Waals surface area contributed by atoms with Crippen LogP contribution in [0, 0.1) is 0 Å². The van der Waals surface area contributed by atoms with Crippen molar-refractivity contribution >= 4 is 18.1 Å². The molecule has 0 radical (unpaired) electrons. The zero-order valence-corrected chi connectivity index (χ0v) is 33.6. The molecule has 0 aliphatic carbocycles. The molecule has 0 fully saturated rings. The summed E-state index contributed by atoms with van der Waals surface area (Å²) in [5, 5.41) is 0. The fraction of sp³-hybridized carbons (Fsp3) is 1.00. The van der Waals surface area contributed by atoms with Crippen LogP contribution in [-0.4, -0.2) is 71.0 Å². The van der Waals surface area contributed by atoms with E-state index in [4.69, 9.17) is 37.2 Å². The third-order valence-electron chi connectivity index (χ3n) is 6.13. The number of hydrogen-bond acceptors (Lipinski definition) is 10. The molecule has 0 aliphatic heterocycles. The first-order valence-corrected chi connectivity index (χ1v) is 24.7. The molecule has 0 aromatic carbocycles. The molecule has 0 rings (SSSR count). The van der Waals surface area contributed by atoms with Crippen LogP contribution in [0.5, 0.6) is 0 Å². The molecule has 0 spiro atoms. The molecule has 0 unspecified atom stereocenters. The summed E-state index contributed by atoms with van der Waals surface area (Å²) < 4.78 is 65.8. The van der Waals surface area contributed by atoms with Gasteiger partial charge in [-0.25, -0.2) is 0 Å². The predicted octanol–water partition coefficient (Wildman–Crippen LogP) is 8.46. The molecule has 0 aromatic heterocycles. The van der Waals surface area contributed by atoms with Gasteiger partial charge in [-0.2, -0.15) is 0 Å². The number of unbranched alkanes of at least 4 members (excludes halogenated alkanes) is 6. The van der Waals surface area contributed by atoms with Crippen molar-refractivity contribution in [2.75, 3.05) is 52.9 Å². The van der Waals surface area contributed by atoms with Crippen LogP contribution in [0.15, 0.2) is 0 Å². The van der Waals surface area contributed by atoms with Gasteiger partial charge in [0.05, 0.1) is 0 Å². The molecular formula is C30H68O10Si2Zr. The molecule has 0 bridgehead atoms. The van der Waals surface area contributed by atoms with Crippen molar-refractivity contribution in [3.8, 4) is 0 Å². The van der Waals surface area contributed by atoms with Gasteiger partial charge in [0, 0.05) is 0 Å². The third kappa shape index (κ3) is 20.7. The summed E-state index contributed by atoms with van der Waals surface area (Å²) in [4.78, 5) is 0. The van der Waals surface area contributed by atoms with Crippen LogP contribution in [-0.2, 0) is 59.2 Å². The maximum atomic E-state index is 6.95. The van der Waals surface area contributed by atoms with E-state index in [0.717, 1.165) is 89.9 Å². The van der Waals surface area contributed by atoms with Crippen molar-refractivity contribution in [3.05, 3.63) is 0 Å². The Bertz CT molecular complexity index is 506. The van der Waals surface area contributed by atoms with E-state index in [-0.39, 0.29) is 0 Å². The van der Waals surface area contributed by atoms with Gasteiger partial charge in [-0.05, 0) is 0 Å². The Morgan fingerprint density at radius 1 is 0.326 bits per heavy atom. The maximum absolute atomic E-state index is 6.95. The van der Waals surface area contributed by atoms with Gasteiger partial charge >= 0.3 is 275 Å². The molecule has 10 nitrogen and oxygen atoms in total. The van der Waals surface area contributed by atoms with E-state index in [1.807, 2.05) is 13.8 Å². The Labute approximate surface area is 274 Å². The Kier molecular flexibility index (Phi) is 29.7. The van der Waals surface area contributed by atoms with Gasteiger partial charge in [0.2, 0.25) is 0 Å². The summed E-state index contributed by atoms with van der Waals surface area (Å²) in [7, 11) is -7.57. The fourth-order valence-electron chi connectivity index (χ4n) is 3.42. The molecule has 260 valence electrons. The second-order valence-corrected chi connectivity index (χ2v) is 21.6. The molecular weight excluding hydrogens is 668 g/mol. The van der Waals surface area contributed by atoms with Crippen LogP contribution in [0.2, 0.25) is 0 Å². The molecule has 0 atom stereocenters. The van der Waals surface area contributed by atoms with Crippen LogP contribution in [0.1, 0.15) is 145 Å². The van der Waals surface area contributed by atoms with Gasteiger partial charge < -0.3 is 0 Å². The third-order valence-corrected chi connectivity index (χ3v) is 20.6. The summed E-state index contributed by atoms with van der Waals surface area (Å²) >= 11 is -5.13. The van der Waals surface area contributed by atoms with Crippen molar-refractivity contribution < 1.29 is 59.2 Å². The van der Waals surface area contributed by atoms with E-state index in [2.05, 4.69) is 41.5 Å². The molecule has 0 heterocycles. The van der Waals surface area contributed by atoms with Gasteiger partial charge in [-0.3, -0.25) is 0 Å². The quantitative estimate of drug-likeness (QED) is 0.0474. The summed E-state index contributed by atoms with van der Waals surface area (Å²) in [6.45, 7) is 20.3. The van der Waals surface area contributed by atoms with Crippen LogP contribution in [0.25, 0.3) is 0 Å². The summed E-state index contributed by atoms with van der Waals surface area (Å²) in [6, 6.07) is 0. The SMILES string of the molecule is CCCCO[Si](OCCCC)(OCCCC)[O][Zr]([O]CCC)([O]CCC)[O][Si](OCCCC)(OCCCC)OCCCC. The van der Waals surface area contributed by atoms with Crippen LogP contribution < -0.4 is 0 Å². The zero-order valence-electron chi connectivity index (χ0n) is 29.1. The van der Waals surface area contributed by atoms with E-state index < -0.39 is 40.1 Å². The van der Waals surface area contributed by atoms with Gasteiger partial charge in [0.1, 0.15) is 0 Å². The zero-order chi connectivity index (χ0) is 32.1. The van der Waals surface area contributed by atoms with E-state index in [1.54, 1.807) is 0 Å². The van der Waals surface area contributed by atoms with Crippen LogP contribution >= 0.6 is 0 Å². The molecule has 0 aromatic rings. The van der Waals surface area contributed by atoms with Crippen LogP contribution in [0.4, 0.5) is 0 Å². The van der Waals surface area contributed by atoms with Gasteiger partial charge in [0.25, 0.3) is 0 Å². The van der Waals surface area contributed by atoms with Gasteiger partial charge in [-0.1, -0.05) is 0 Å². The van der Waals surface area contributed by atoms with Crippen LogP contribution in [0.3, 0.4) is 0 Å². The van der Waals surface area contributed by atoms with Crippen molar-refractivity contribution in [1.82, 2.24) is 0 Å². The Morgan fingerprint density at radius 3 is 0.744 bits per heavy atom. The first kappa shape index (κ1) is 43.9. The van der Waals surface area contributed by atoms with E-state index in [0.29, 0.717) is 52.9 Å². The Balaban J connectivity index is 6.89. The first-order valence-electron chi connectivity index (χ1n) is 17.4. The summed E-state index contributed by atoms with van der Waals surface area (Å²) in [6.07, 6.45) is 12.4. The Hall–Kier alpha value is 0.917. The number of hydrogen-bond donors (Lipinski definition) is 0. The van der Waals surface area contributed by atoms with Crippen molar-refractivity contribution in [2.24, 2.45) is 0 Å². The van der Waals surface area contributed by atoms with E-state index >= 15 is 0 Å². The first-order chi connectivity index (χ1) is 20.9. The average molecular weight is 736 g/mol. The van der Waals surface area contributed by atoms with Crippen molar-refractivity contribution in [2.45, 2.75) is 145 Å². The van der Waals surface area contributed by atoms with Crippen molar-refractivity contribution in [1.29, 1.82) is 0 Å². The van der Waals surface area contributed by atoms with Gasteiger partial charge in [0.15, 0.2) is 0 Å². The molecule has 0 aliphatic rings. The van der Waals surface area contributed by atoms with Crippen molar-refractivity contribution in [3.63, 3.8) is 0 Å². The fourth-order valence-corrected chi connectivity index (χ4v) is 19.9. The Morgan fingerprint density at radius 2 is 0.558 bits per heavy atom. The summed E-state index contributed by atoms with van der Waals surface area (Å²) in [5.41, 5.74) is 0. The normalized spacial score (nSPS) is 12.8. The van der Waals surface area contributed by atoms with E-state index in [9.17, 15) is 0 Å². The molecule has 0 saturated carbocycles. The monoisotopic (exact) mass is 734 g/mol. The predicted molar refractivity (Wildman–Crippen MR) is 171 cm³/mol. The second kappa shape index (κ2) is 29.1. The number of rotatable bonds is 34. The molecule has 13 heteroatoms. The molecule has 43 heavy (non-hydrogen) atoms. The topological polar surface area (TPSA) is 92.3 Å².